The van der Waals surface area contributed by atoms with Gasteiger partial charge < -0.3 is 5.11 Å². The van der Waals surface area contributed by atoms with Crippen molar-refractivity contribution in [3.05, 3.63) is 47.0 Å². The van der Waals surface area contributed by atoms with Gasteiger partial charge in [-0.25, -0.2) is 0 Å². The van der Waals surface area contributed by atoms with E-state index < -0.39 is 6.10 Å². The van der Waals surface area contributed by atoms with Gasteiger partial charge in [-0.05, 0) is 36.6 Å². The molecule has 0 saturated heterocycles. The first-order chi connectivity index (χ1) is 6.66. The number of nitrogens with zero attached hydrogens (tertiary/aromatic N) is 1. The zero-order valence-electron chi connectivity index (χ0n) is 8.36. The highest BCUT2D eigenvalue weighted by Crippen LogP contribution is 2.20. The van der Waals surface area contributed by atoms with Gasteiger partial charge in [-0.3, -0.25) is 0 Å². The van der Waals surface area contributed by atoms with Crippen molar-refractivity contribution in [3.63, 3.8) is 0 Å². The minimum atomic E-state index is -0.686. The standard InChI is InChI=1S/C12H13NO/c1-9-5-3-6-11(10(9)2)12(14)7-4-8-13/h3-7,12,14H,1-2H3/b7-4+. The van der Waals surface area contributed by atoms with Crippen molar-refractivity contribution < 1.29 is 5.11 Å². The van der Waals surface area contributed by atoms with Crippen LogP contribution in [0.3, 0.4) is 0 Å². The first kappa shape index (κ1) is 10.5. The van der Waals surface area contributed by atoms with E-state index >= 15 is 0 Å². The maximum absolute atomic E-state index is 9.72. The van der Waals surface area contributed by atoms with Crippen molar-refractivity contribution in [1.82, 2.24) is 0 Å². The van der Waals surface area contributed by atoms with Crippen LogP contribution in [0.4, 0.5) is 0 Å². The normalized spacial score (nSPS) is 12.7. The van der Waals surface area contributed by atoms with Crippen LogP contribution in [0.2, 0.25) is 0 Å². The molecule has 2 nitrogen and oxygen atoms in total. The summed E-state index contributed by atoms with van der Waals surface area (Å²) in [6.07, 6.45) is 2.10. The lowest BCUT2D eigenvalue weighted by atomic mass is 9.99. The SMILES string of the molecule is Cc1cccc(C(O)/C=C/C#N)c1C. The topological polar surface area (TPSA) is 44.0 Å². The third-order valence-corrected chi connectivity index (χ3v) is 2.32. The van der Waals surface area contributed by atoms with Crippen LogP contribution in [0.5, 0.6) is 0 Å². The minimum Gasteiger partial charge on any atom is -0.384 e. The van der Waals surface area contributed by atoms with E-state index in [9.17, 15) is 5.11 Å². The molecule has 0 aromatic heterocycles. The molecule has 1 atom stereocenters. The van der Waals surface area contributed by atoms with Crippen molar-refractivity contribution in [3.8, 4) is 6.07 Å². The molecular formula is C12H13NO. The van der Waals surface area contributed by atoms with Gasteiger partial charge in [-0.1, -0.05) is 18.2 Å². The van der Waals surface area contributed by atoms with Gasteiger partial charge in [0.1, 0.15) is 0 Å². The van der Waals surface area contributed by atoms with Crippen LogP contribution in [-0.2, 0) is 0 Å². The van der Waals surface area contributed by atoms with Gasteiger partial charge in [0.2, 0.25) is 0 Å². The Morgan fingerprint density at radius 1 is 1.43 bits per heavy atom. The van der Waals surface area contributed by atoms with Crippen molar-refractivity contribution >= 4 is 0 Å². The number of hydrogen-bond donors (Lipinski definition) is 1. The highest BCUT2D eigenvalue weighted by Gasteiger charge is 2.07. The van der Waals surface area contributed by atoms with Gasteiger partial charge in [0, 0.05) is 6.08 Å². The molecule has 0 amide bonds. The number of aliphatic hydroxyl groups is 1. The molecule has 1 aromatic carbocycles. The van der Waals surface area contributed by atoms with E-state index in [1.807, 2.05) is 38.1 Å². The molecule has 72 valence electrons. The van der Waals surface area contributed by atoms with E-state index in [0.717, 1.165) is 16.7 Å². The van der Waals surface area contributed by atoms with Crippen molar-refractivity contribution in [2.75, 3.05) is 0 Å². The second-order valence-electron chi connectivity index (χ2n) is 3.22. The molecule has 1 rings (SSSR count). The fourth-order valence-corrected chi connectivity index (χ4v) is 1.33. The first-order valence-electron chi connectivity index (χ1n) is 4.47. The summed E-state index contributed by atoms with van der Waals surface area (Å²) in [7, 11) is 0. The number of nitriles is 1. The molecule has 2 heteroatoms. The van der Waals surface area contributed by atoms with Crippen LogP contribution in [0.15, 0.2) is 30.4 Å². The summed E-state index contributed by atoms with van der Waals surface area (Å²) in [5, 5.41) is 18.1. The van der Waals surface area contributed by atoms with Crippen LogP contribution in [0, 0.1) is 25.2 Å². The molecule has 0 radical (unpaired) electrons. The van der Waals surface area contributed by atoms with E-state index in [0.29, 0.717) is 0 Å². The zero-order valence-corrected chi connectivity index (χ0v) is 8.36. The maximum Gasteiger partial charge on any atom is 0.0984 e. The number of aryl methyl sites for hydroxylation is 1. The second-order valence-corrected chi connectivity index (χ2v) is 3.22. The lowest BCUT2D eigenvalue weighted by Crippen LogP contribution is -1.97. The summed E-state index contributed by atoms with van der Waals surface area (Å²) < 4.78 is 0. The monoisotopic (exact) mass is 187 g/mol. The number of benzene rings is 1. The highest BCUT2D eigenvalue weighted by atomic mass is 16.3. The molecule has 14 heavy (non-hydrogen) atoms. The van der Waals surface area contributed by atoms with E-state index in [-0.39, 0.29) is 0 Å². The lowest BCUT2D eigenvalue weighted by Gasteiger charge is -2.11. The van der Waals surface area contributed by atoms with E-state index in [1.54, 1.807) is 0 Å². The molecule has 0 fully saturated rings. The summed E-state index contributed by atoms with van der Waals surface area (Å²) in [4.78, 5) is 0. The van der Waals surface area contributed by atoms with E-state index in [2.05, 4.69) is 0 Å². The number of hydrogen-bond acceptors (Lipinski definition) is 2. The summed E-state index contributed by atoms with van der Waals surface area (Å²) in [6, 6.07) is 7.64. The fourth-order valence-electron chi connectivity index (χ4n) is 1.33. The van der Waals surface area contributed by atoms with Gasteiger partial charge in [0.05, 0.1) is 12.2 Å². The Labute approximate surface area is 84.1 Å². The molecule has 0 aliphatic rings. The minimum absolute atomic E-state index is 0.686. The van der Waals surface area contributed by atoms with Crippen molar-refractivity contribution in [1.29, 1.82) is 5.26 Å². The van der Waals surface area contributed by atoms with Crippen molar-refractivity contribution in [2.45, 2.75) is 20.0 Å². The largest absolute Gasteiger partial charge is 0.384 e. The highest BCUT2D eigenvalue weighted by molar-refractivity contribution is 5.36. The quantitative estimate of drug-likeness (QED) is 0.722. The van der Waals surface area contributed by atoms with Crippen LogP contribution >= 0.6 is 0 Å². The third kappa shape index (κ3) is 2.21. The van der Waals surface area contributed by atoms with Crippen LogP contribution < -0.4 is 0 Å². The average molecular weight is 187 g/mol. The summed E-state index contributed by atoms with van der Waals surface area (Å²) in [5.41, 5.74) is 3.07. The van der Waals surface area contributed by atoms with Gasteiger partial charge in [0.25, 0.3) is 0 Å². The molecule has 0 aliphatic heterocycles. The second kappa shape index (κ2) is 4.59. The van der Waals surface area contributed by atoms with E-state index in [4.69, 9.17) is 5.26 Å². The predicted molar refractivity (Wildman–Crippen MR) is 55.6 cm³/mol. The van der Waals surface area contributed by atoms with E-state index in [1.165, 1.54) is 12.2 Å². The number of allylic oxidation sites excluding steroid dienone is 1. The molecule has 1 aromatic rings. The third-order valence-electron chi connectivity index (χ3n) is 2.32. The Kier molecular flexibility index (Phi) is 3.44. The van der Waals surface area contributed by atoms with Gasteiger partial charge >= 0.3 is 0 Å². The number of rotatable bonds is 2. The molecule has 1 N–H and O–H groups in total. The summed E-state index contributed by atoms with van der Waals surface area (Å²) in [6.45, 7) is 3.97. The fraction of sp³-hybridized carbons (Fsp3) is 0.250. The Hall–Kier alpha value is -1.59. The van der Waals surface area contributed by atoms with Crippen LogP contribution in [0.25, 0.3) is 0 Å². The lowest BCUT2D eigenvalue weighted by molar-refractivity contribution is 0.228. The predicted octanol–water partition coefficient (Wildman–Crippen LogP) is 2.42. The summed E-state index contributed by atoms with van der Waals surface area (Å²) >= 11 is 0. The molecular weight excluding hydrogens is 174 g/mol. The molecule has 0 saturated carbocycles. The van der Waals surface area contributed by atoms with Gasteiger partial charge in [-0.15, -0.1) is 0 Å². The molecule has 0 bridgehead atoms. The van der Waals surface area contributed by atoms with Gasteiger partial charge in [0.15, 0.2) is 0 Å². The van der Waals surface area contributed by atoms with Gasteiger partial charge in [-0.2, -0.15) is 5.26 Å². The smallest absolute Gasteiger partial charge is 0.0984 e. The molecule has 0 aliphatic carbocycles. The number of aliphatic hydroxyl groups excluding tert-OH is 1. The zero-order chi connectivity index (χ0) is 10.6. The first-order valence-corrected chi connectivity index (χ1v) is 4.47. The Morgan fingerprint density at radius 2 is 2.14 bits per heavy atom. The molecule has 0 heterocycles. The molecule has 0 spiro atoms. The molecule has 1 unspecified atom stereocenters. The van der Waals surface area contributed by atoms with Crippen molar-refractivity contribution in [2.24, 2.45) is 0 Å². The Bertz CT molecular complexity index is 388. The van der Waals surface area contributed by atoms with Crippen LogP contribution in [0.1, 0.15) is 22.8 Å². The summed E-state index contributed by atoms with van der Waals surface area (Å²) in [5.74, 6) is 0. The Morgan fingerprint density at radius 3 is 2.79 bits per heavy atom. The average Bonchev–Trinajstić information content (AvgIpc) is 2.18. The maximum atomic E-state index is 9.72. The van der Waals surface area contributed by atoms with Crippen LogP contribution in [-0.4, -0.2) is 5.11 Å². The Balaban J connectivity index is 3.02.